The number of carbonyl (C=O) groups is 2. The summed E-state index contributed by atoms with van der Waals surface area (Å²) in [4.78, 5) is 24.0. The molecule has 1 saturated heterocycles. The second kappa shape index (κ2) is 3.95. The van der Waals surface area contributed by atoms with Gasteiger partial charge in [-0.3, -0.25) is 9.59 Å². The fourth-order valence-corrected chi connectivity index (χ4v) is 3.69. The van der Waals surface area contributed by atoms with Gasteiger partial charge in [-0.25, -0.2) is 0 Å². The van der Waals surface area contributed by atoms with Gasteiger partial charge >= 0.3 is 11.9 Å². The Balaban J connectivity index is 1.80. The lowest BCUT2D eigenvalue weighted by molar-refractivity contribution is -0.166. The van der Waals surface area contributed by atoms with E-state index in [1.165, 1.54) is 0 Å². The van der Waals surface area contributed by atoms with Gasteiger partial charge in [-0.05, 0) is 26.2 Å². The smallest absolute Gasteiger partial charge is 0.327 e. The van der Waals surface area contributed by atoms with E-state index in [0.717, 1.165) is 0 Å². The number of nitrogens with two attached hydrogens (primary N) is 1. The fraction of sp³-hybridized carbons (Fsp3) is 0.786. The summed E-state index contributed by atoms with van der Waals surface area (Å²) in [5.41, 5.74) is 3.84. The Labute approximate surface area is 117 Å². The van der Waals surface area contributed by atoms with Gasteiger partial charge in [0, 0.05) is 11.8 Å². The molecule has 6 unspecified atom stereocenters. The van der Waals surface area contributed by atoms with Crippen LogP contribution in [0, 0.1) is 28.6 Å². The molecule has 3 fully saturated rings. The van der Waals surface area contributed by atoms with Crippen molar-refractivity contribution >= 4 is 11.9 Å². The van der Waals surface area contributed by atoms with Gasteiger partial charge < -0.3 is 15.2 Å². The third kappa shape index (κ3) is 1.47. The van der Waals surface area contributed by atoms with E-state index in [0.29, 0.717) is 19.3 Å². The molecule has 2 N–H and O–H groups in total. The van der Waals surface area contributed by atoms with E-state index in [2.05, 4.69) is 6.07 Å². The SMILES string of the molecule is CCC(C)(N)C(=O)OC1C2CC3C1OC(=O)C3(C#N)C2. The van der Waals surface area contributed by atoms with Crippen LogP contribution < -0.4 is 5.73 Å². The van der Waals surface area contributed by atoms with Crippen LogP contribution in [0.15, 0.2) is 0 Å². The molecule has 0 aromatic heterocycles. The van der Waals surface area contributed by atoms with Crippen molar-refractivity contribution in [1.29, 1.82) is 5.26 Å². The van der Waals surface area contributed by atoms with Gasteiger partial charge in [0.15, 0.2) is 5.41 Å². The topological polar surface area (TPSA) is 102 Å². The summed E-state index contributed by atoms with van der Waals surface area (Å²) in [6.07, 6.45) is 0.677. The van der Waals surface area contributed by atoms with Gasteiger partial charge in [-0.2, -0.15) is 5.26 Å². The minimum Gasteiger partial charge on any atom is -0.457 e. The summed E-state index contributed by atoms with van der Waals surface area (Å²) in [5.74, 6) is -1.05. The van der Waals surface area contributed by atoms with Crippen molar-refractivity contribution < 1.29 is 19.1 Å². The standard InChI is InChI=1S/C14H18N2O4/c1-3-13(2,16)11(17)19-9-7-4-8-10(9)20-12(18)14(8,5-7)6-15/h7-10H,3-5,16H2,1-2H3. The molecule has 0 amide bonds. The van der Waals surface area contributed by atoms with Crippen LogP contribution in [0.25, 0.3) is 0 Å². The number of rotatable bonds is 3. The molecule has 0 spiro atoms. The highest BCUT2D eigenvalue weighted by Crippen LogP contribution is 2.62. The average Bonchev–Trinajstić information content (AvgIpc) is 3.00. The molecule has 3 rings (SSSR count). The molecule has 2 bridgehead atoms. The summed E-state index contributed by atoms with van der Waals surface area (Å²) in [6.45, 7) is 3.45. The summed E-state index contributed by atoms with van der Waals surface area (Å²) < 4.78 is 10.8. The van der Waals surface area contributed by atoms with Crippen LogP contribution in [0.5, 0.6) is 0 Å². The minimum absolute atomic E-state index is 0.0210. The number of ether oxygens (including phenoxy) is 2. The lowest BCUT2D eigenvalue weighted by Crippen LogP contribution is -2.49. The molecule has 6 heteroatoms. The van der Waals surface area contributed by atoms with Crippen molar-refractivity contribution in [3.05, 3.63) is 0 Å². The Kier molecular flexibility index (Phi) is 2.64. The largest absolute Gasteiger partial charge is 0.457 e. The Morgan fingerprint density at radius 1 is 1.70 bits per heavy atom. The van der Waals surface area contributed by atoms with Crippen LogP contribution in [0.2, 0.25) is 0 Å². The molecule has 1 aliphatic heterocycles. The van der Waals surface area contributed by atoms with Crippen LogP contribution in [0.4, 0.5) is 0 Å². The summed E-state index contributed by atoms with van der Waals surface area (Å²) in [5, 5.41) is 9.29. The number of esters is 2. The van der Waals surface area contributed by atoms with Gasteiger partial charge in [0.2, 0.25) is 0 Å². The highest BCUT2D eigenvalue weighted by Gasteiger charge is 2.72. The van der Waals surface area contributed by atoms with Crippen LogP contribution in [-0.4, -0.2) is 29.7 Å². The van der Waals surface area contributed by atoms with Crippen molar-refractivity contribution in [2.24, 2.45) is 23.0 Å². The minimum atomic E-state index is -1.03. The average molecular weight is 278 g/mol. The van der Waals surface area contributed by atoms with Crippen LogP contribution in [0.3, 0.4) is 0 Å². The molecule has 3 aliphatic rings. The molecule has 0 aromatic rings. The number of nitrogens with zero attached hydrogens (tertiary/aromatic N) is 1. The number of hydrogen-bond acceptors (Lipinski definition) is 6. The summed E-state index contributed by atoms with van der Waals surface area (Å²) >= 11 is 0. The number of hydrogen-bond donors (Lipinski definition) is 1. The molecular formula is C14H18N2O4. The number of nitriles is 1. The molecule has 2 saturated carbocycles. The molecule has 108 valence electrons. The molecule has 0 aromatic carbocycles. The molecule has 6 nitrogen and oxygen atoms in total. The van der Waals surface area contributed by atoms with Gasteiger partial charge in [0.1, 0.15) is 17.7 Å². The van der Waals surface area contributed by atoms with E-state index >= 15 is 0 Å². The van der Waals surface area contributed by atoms with Gasteiger partial charge in [0.25, 0.3) is 0 Å². The Morgan fingerprint density at radius 3 is 3.00 bits per heavy atom. The van der Waals surface area contributed by atoms with Crippen molar-refractivity contribution in [1.82, 2.24) is 0 Å². The Morgan fingerprint density at radius 2 is 2.40 bits per heavy atom. The maximum absolute atomic E-state index is 12.1. The van der Waals surface area contributed by atoms with Crippen molar-refractivity contribution in [3.63, 3.8) is 0 Å². The maximum atomic E-state index is 12.1. The zero-order valence-corrected chi connectivity index (χ0v) is 11.6. The number of carbonyl (C=O) groups excluding carboxylic acids is 2. The summed E-state index contributed by atoms with van der Waals surface area (Å²) in [7, 11) is 0. The van der Waals surface area contributed by atoms with Gasteiger partial charge in [0.05, 0.1) is 6.07 Å². The van der Waals surface area contributed by atoms with Crippen LogP contribution in [-0.2, 0) is 19.1 Å². The van der Waals surface area contributed by atoms with E-state index in [-0.39, 0.29) is 11.8 Å². The monoisotopic (exact) mass is 278 g/mol. The Bertz CT molecular complexity index is 524. The van der Waals surface area contributed by atoms with Gasteiger partial charge in [-0.1, -0.05) is 6.92 Å². The Hall–Kier alpha value is -1.61. The van der Waals surface area contributed by atoms with Gasteiger partial charge in [-0.15, -0.1) is 0 Å². The zero-order valence-electron chi connectivity index (χ0n) is 11.6. The summed E-state index contributed by atoms with van der Waals surface area (Å²) in [6, 6.07) is 2.13. The normalized spacial score (nSPS) is 43.8. The van der Waals surface area contributed by atoms with Crippen LogP contribution >= 0.6 is 0 Å². The van der Waals surface area contributed by atoms with E-state index in [1.807, 2.05) is 6.92 Å². The maximum Gasteiger partial charge on any atom is 0.327 e. The molecular weight excluding hydrogens is 260 g/mol. The predicted octanol–water partition coefficient (Wildman–Crippen LogP) is 0.501. The highest BCUT2D eigenvalue weighted by molar-refractivity contribution is 5.85. The van der Waals surface area contributed by atoms with E-state index in [9.17, 15) is 14.9 Å². The molecule has 20 heavy (non-hydrogen) atoms. The van der Waals surface area contributed by atoms with E-state index in [1.54, 1.807) is 6.92 Å². The quantitative estimate of drug-likeness (QED) is 0.754. The fourth-order valence-electron chi connectivity index (χ4n) is 3.69. The lowest BCUT2D eigenvalue weighted by Gasteiger charge is -2.30. The van der Waals surface area contributed by atoms with Crippen molar-refractivity contribution in [2.75, 3.05) is 0 Å². The first-order valence-electron chi connectivity index (χ1n) is 6.98. The molecule has 0 radical (unpaired) electrons. The van der Waals surface area contributed by atoms with E-state index < -0.39 is 35.1 Å². The van der Waals surface area contributed by atoms with Crippen LogP contribution in [0.1, 0.15) is 33.1 Å². The second-order valence-corrected chi connectivity index (χ2v) is 6.40. The molecule has 1 heterocycles. The third-order valence-electron chi connectivity index (χ3n) is 5.21. The highest BCUT2D eigenvalue weighted by atomic mass is 16.6. The first-order chi connectivity index (χ1) is 9.35. The predicted molar refractivity (Wildman–Crippen MR) is 66.9 cm³/mol. The molecule has 2 aliphatic carbocycles. The number of fused-ring (bicyclic) bond motifs is 1. The first kappa shape index (κ1) is 13.4. The van der Waals surface area contributed by atoms with Crippen molar-refractivity contribution in [3.8, 4) is 6.07 Å². The zero-order chi connectivity index (χ0) is 14.7. The first-order valence-corrected chi connectivity index (χ1v) is 6.98. The molecule has 6 atom stereocenters. The third-order valence-corrected chi connectivity index (χ3v) is 5.21. The second-order valence-electron chi connectivity index (χ2n) is 6.40. The van der Waals surface area contributed by atoms with E-state index in [4.69, 9.17) is 15.2 Å². The van der Waals surface area contributed by atoms with Crippen molar-refractivity contribution in [2.45, 2.75) is 50.9 Å². The lowest BCUT2D eigenvalue weighted by atomic mass is 9.74.